The second kappa shape index (κ2) is 9.16. The number of methoxy groups -OCH3 is 1. The molecule has 0 spiro atoms. The second-order valence-electron chi connectivity index (χ2n) is 15.2. The van der Waals surface area contributed by atoms with Crippen LogP contribution < -0.4 is 11.1 Å². The molecule has 5 saturated carbocycles. The quantitative estimate of drug-likeness (QED) is 0.175. The summed E-state index contributed by atoms with van der Waals surface area (Å²) in [4.78, 5) is 27.1. The topological polar surface area (TPSA) is 81.4 Å². The molecule has 6 heteroatoms. The number of nitrogens with one attached hydrogen (secondary N) is 1. The summed E-state index contributed by atoms with van der Waals surface area (Å²) >= 11 is 5.06. The van der Waals surface area contributed by atoms with E-state index in [2.05, 4.69) is 53.4 Å². The summed E-state index contributed by atoms with van der Waals surface area (Å²) in [5, 5.41) is 3.16. The molecule has 216 valence electrons. The number of rotatable bonds is 3. The van der Waals surface area contributed by atoms with E-state index in [4.69, 9.17) is 22.7 Å². The van der Waals surface area contributed by atoms with Gasteiger partial charge in [0.2, 0.25) is 0 Å². The van der Waals surface area contributed by atoms with Crippen LogP contribution in [0.15, 0.2) is 23.9 Å². The van der Waals surface area contributed by atoms with Gasteiger partial charge in [-0.05, 0) is 123 Å². The molecule has 0 saturated heterocycles. The molecule has 9 atom stereocenters. The number of nitrogens with two attached hydrogens (primary N) is 1. The Balaban J connectivity index is 1.57. The fraction of sp³-hybridized carbons (Fsp3) is 0.788. The third-order valence-corrected chi connectivity index (χ3v) is 13.8. The molecule has 5 nitrogen and oxygen atoms in total. The number of allylic oxidation sites excluding steroid dienone is 2. The molecule has 0 heterocycles. The Hall–Kier alpha value is -1.69. The Bertz CT molecular complexity index is 1140. The number of esters is 1. The maximum atomic E-state index is 13.7. The maximum Gasteiger partial charge on any atom is 0.312 e. The van der Waals surface area contributed by atoms with E-state index in [1.807, 2.05) is 0 Å². The van der Waals surface area contributed by atoms with E-state index < -0.39 is 5.41 Å². The first kappa shape index (κ1) is 28.8. The summed E-state index contributed by atoms with van der Waals surface area (Å²) < 4.78 is 5.51. The van der Waals surface area contributed by atoms with Gasteiger partial charge in [-0.15, -0.1) is 0 Å². The first-order valence-corrected chi connectivity index (χ1v) is 15.5. The highest BCUT2D eigenvalue weighted by Crippen LogP contribution is 2.77. The lowest BCUT2D eigenvalue weighted by Gasteiger charge is -2.72. The maximum absolute atomic E-state index is 13.7. The van der Waals surface area contributed by atoms with Gasteiger partial charge in [-0.1, -0.05) is 46.8 Å². The van der Waals surface area contributed by atoms with E-state index >= 15 is 0 Å². The summed E-state index contributed by atoms with van der Waals surface area (Å²) in [6.45, 7) is 18.5. The van der Waals surface area contributed by atoms with E-state index in [1.165, 1.54) is 5.57 Å². The molecular formula is C33H50N2O3S. The third-order valence-electron chi connectivity index (χ3n) is 13.6. The summed E-state index contributed by atoms with van der Waals surface area (Å²) in [5.41, 5.74) is 7.26. The molecule has 5 fully saturated rings. The van der Waals surface area contributed by atoms with Gasteiger partial charge in [0, 0.05) is 17.2 Å². The van der Waals surface area contributed by atoms with Crippen LogP contribution in [0.4, 0.5) is 0 Å². The standard InChI is InChI=1S/C33H50N2O3S/c1-19(2)21-11-14-33(27(37)38-8)16-15-31(6)22(25(21)33)9-10-24-30(5)17-20(18-35-28(34)39)26(36)29(3,4)23(30)12-13-32(24,31)7/h18,21-25H,1,9-17H2,2-8H3,(H3,34,35,39)/t21?,22?,23?,24?,25?,30-,31+,32+,33?/m0/s1. The monoisotopic (exact) mass is 554 g/mol. The number of hydrogen-bond donors (Lipinski definition) is 2. The molecule has 3 N–H and O–H groups in total. The number of fused-ring (bicyclic) bond motifs is 7. The molecule has 0 aromatic carbocycles. The van der Waals surface area contributed by atoms with E-state index in [0.29, 0.717) is 29.6 Å². The average Bonchev–Trinajstić information content (AvgIpc) is 3.26. The van der Waals surface area contributed by atoms with Crippen molar-refractivity contribution in [3.8, 4) is 0 Å². The molecule has 0 bridgehead atoms. The van der Waals surface area contributed by atoms with Gasteiger partial charge in [-0.2, -0.15) is 0 Å². The Morgan fingerprint density at radius 2 is 1.72 bits per heavy atom. The van der Waals surface area contributed by atoms with Gasteiger partial charge in [-0.25, -0.2) is 0 Å². The minimum absolute atomic E-state index is 0.00242. The summed E-state index contributed by atoms with van der Waals surface area (Å²) in [7, 11) is 1.57. The van der Waals surface area contributed by atoms with E-state index in [0.717, 1.165) is 63.4 Å². The normalized spacial score (nSPS) is 47.3. The Kier molecular flexibility index (Phi) is 6.77. The fourth-order valence-corrected chi connectivity index (χ4v) is 11.9. The van der Waals surface area contributed by atoms with Crippen molar-refractivity contribution in [2.75, 3.05) is 7.11 Å². The smallest absolute Gasteiger partial charge is 0.312 e. The third kappa shape index (κ3) is 3.71. The van der Waals surface area contributed by atoms with Crippen LogP contribution in [0.5, 0.6) is 0 Å². The second-order valence-corrected chi connectivity index (χ2v) is 15.7. The van der Waals surface area contributed by atoms with Crippen LogP contribution in [-0.2, 0) is 14.3 Å². The highest BCUT2D eigenvalue weighted by atomic mass is 32.1. The molecular weight excluding hydrogens is 504 g/mol. The lowest BCUT2D eigenvalue weighted by molar-refractivity contribution is -0.232. The van der Waals surface area contributed by atoms with Crippen molar-refractivity contribution in [1.29, 1.82) is 0 Å². The molecule has 0 aromatic rings. The van der Waals surface area contributed by atoms with Gasteiger partial charge in [-0.3, -0.25) is 9.59 Å². The van der Waals surface area contributed by atoms with Crippen molar-refractivity contribution < 1.29 is 14.3 Å². The molecule has 5 aliphatic carbocycles. The minimum atomic E-state index is -0.432. The number of carbonyl (C=O) groups is 2. The lowest BCUT2D eigenvalue weighted by atomic mass is 9.32. The van der Waals surface area contributed by atoms with E-state index in [1.54, 1.807) is 13.3 Å². The predicted octanol–water partition coefficient (Wildman–Crippen LogP) is 6.71. The highest BCUT2D eigenvalue weighted by molar-refractivity contribution is 7.80. The van der Waals surface area contributed by atoms with E-state index in [-0.39, 0.29) is 38.5 Å². The Morgan fingerprint density at radius 1 is 1.03 bits per heavy atom. The largest absolute Gasteiger partial charge is 0.469 e. The Labute approximate surface area is 241 Å². The van der Waals surface area contributed by atoms with Crippen LogP contribution in [0.3, 0.4) is 0 Å². The average molecular weight is 555 g/mol. The zero-order valence-electron chi connectivity index (χ0n) is 25.2. The summed E-state index contributed by atoms with van der Waals surface area (Å²) in [5.74, 6) is 2.24. The molecule has 5 rings (SSSR count). The molecule has 5 aliphatic rings. The van der Waals surface area contributed by atoms with Crippen LogP contribution in [0.25, 0.3) is 0 Å². The minimum Gasteiger partial charge on any atom is -0.469 e. The van der Waals surface area contributed by atoms with Crippen molar-refractivity contribution in [2.24, 2.45) is 62.4 Å². The number of ether oxygens (including phenoxy) is 1. The molecule has 0 radical (unpaired) electrons. The number of ketones is 1. The zero-order chi connectivity index (χ0) is 28.8. The van der Waals surface area contributed by atoms with Crippen molar-refractivity contribution in [1.82, 2.24) is 5.32 Å². The van der Waals surface area contributed by atoms with Crippen molar-refractivity contribution in [3.05, 3.63) is 23.9 Å². The zero-order valence-corrected chi connectivity index (χ0v) is 26.1. The predicted molar refractivity (Wildman–Crippen MR) is 159 cm³/mol. The van der Waals surface area contributed by atoms with Gasteiger partial charge >= 0.3 is 5.97 Å². The molecule has 0 aromatic heterocycles. The van der Waals surface area contributed by atoms with Crippen molar-refractivity contribution in [2.45, 2.75) is 99.3 Å². The molecule has 39 heavy (non-hydrogen) atoms. The van der Waals surface area contributed by atoms with Gasteiger partial charge in [0.05, 0.1) is 12.5 Å². The van der Waals surface area contributed by atoms with Crippen LogP contribution in [-0.4, -0.2) is 24.0 Å². The summed E-state index contributed by atoms with van der Waals surface area (Å²) in [6.07, 6.45) is 11.0. The summed E-state index contributed by atoms with van der Waals surface area (Å²) in [6, 6.07) is 0. The first-order chi connectivity index (χ1) is 18.1. The van der Waals surface area contributed by atoms with Gasteiger partial charge in [0.15, 0.2) is 10.9 Å². The van der Waals surface area contributed by atoms with Crippen molar-refractivity contribution >= 4 is 29.1 Å². The number of carbonyl (C=O) groups excluding carboxylic acids is 2. The first-order valence-electron chi connectivity index (χ1n) is 15.1. The van der Waals surface area contributed by atoms with Crippen LogP contribution in [0.2, 0.25) is 0 Å². The van der Waals surface area contributed by atoms with Crippen LogP contribution in [0.1, 0.15) is 99.3 Å². The van der Waals surface area contributed by atoms with Gasteiger partial charge in [0.25, 0.3) is 0 Å². The molecule has 6 unspecified atom stereocenters. The fourth-order valence-electron chi connectivity index (χ4n) is 11.8. The van der Waals surface area contributed by atoms with Crippen LogP contribution in [0, 0.1) is 56.7 Å². The number of Topliss-reactive ketones (excluding diaryl/α,β-unsaturated/α-hetero) is 1. The highest BCUT2D eigenvalue weighted by Gasteiger charge is 2.72. The van der Waals surface area contributed by atoms with Crippen LogP contribution >= 0.6 is 12.2 Å². The van der Waals surface area contributed by atoms with E-state index in [9.17, 15) is 9.59 Å². The molecule has 0 aliphatic heterocycles. The van der Waals surface area contributed by atoms with Crippen molar-refractivity contribution in [3.63, 3.8) is 0 Å². The van der Waals surface area contributed by atoms with Gasteiger partial charge < -0.3 is 15.8 Å². The SMILES string of the molecule is C=C(C)C1CCC2(C(=O)OC)CC[C@]3(C)C(CCC4[C@@]5(C)CC(=CNC(N)=S)C(=O)C(C)(C)C5CC[C@]43C)C12. The van der Waals surface area contributed by atoms with Gasteiger partial charge in [0.1, 0.15) is 0 Å². The Morgan fingerprint density at radius 3 is 2.33 bits per heavy atom. The number of thiocarbonyl (C=S) groups is 1. The molecule has 0 amide bonds. The lowest BCUT2D eigenvalue weighted by Crippen LogP contribution is -2.67. The number of hydrogen-bond acceptors (Lipinski definition) is 4.